The zero-order valence-corrected chi connectivity index (χ0v) is 18.0. The van der Waals surface area contributed by atoms with Gasteiger partial charge in [0.2, 0.25) is 0 Å². The van der Waals surface area contributed by atoms with E-state index in [2.05, 4.69) is 4.72 Å². The van der Waals surface area contributed by atoms with E-state index in [1.54, 1.807) is 54.3 Å². The zero-order chi connectivity index (χ0) is 21.3. The van der Waals surface area contributed by atoms with Crippen molar-refractivity contribution in [2.24, 2.45) is 0 Å². The van der Waals surface area contributed by atoms with Crippen LogP contribution in [0.15, 0.2) is 71.6 Å². The maximum Gasteiger partial charge on any atom is 0.261 e. The normalized spacial score (nSPS) is 13.6. The molecule has 30 heavy (non-hydrogen) atoms. The van der Waals surface area contributed by atoms with Crippen LogP contribution >= 0.6 is 11.6 Å². The summed E-state index contributed by atoms with van der Waals surface area (Å²) in [7, 11) is -3.79. The topological polar surface area (TPSA) is 66.5 Å². The molecule has 0 aliphatic carbocycles. The summed E-state index contributed by atoms with van der Waals surface area (Å²) >= 11 is 6.11. The average molecular weight is 441 g/mol. The second-order valence-corrected chi connectivity index (χ2v) is 9.32. The monoisotopic (exact) mass is 440 g/mol. The highest BCUT2D eigenvalue weighted by Gasteiger charge is 2.26. The third-order valence-electron chi connectivity index (χ3n) is 5.26. The Bertz CT molecular complexity index is 1210. The molecular formula is C23H21ClN2O3S. The van der Waals surface area contributed by atoms with Crippen molar-refractivity contribution in [1.82, 2.24) is 0 Å². The molecule has 1 heterocycles. The van der Waals surface area contributed by atoms with Crippen LogP contribution in [0.3, 0.4) is 0 Å². The van der Waals surface area contributed by atoms with E-state index in [4.69, 9.17) is 11.6 Å². The first-order valence-electron chi connectivity index (χ1n) is 9.64. The van der Waals surface area contributed by atoms with Crippen LogP contribution in [0.25, 0.3) is 0 Å². The number of nitrogens with one attached hydrogen (secondary N) is 1. The predicted octanol–water partition coefficient (Wildman–Crippen LogP) is 5.04. The second kappa shape index (κ2) is 8.13. The molecular weight excluding hydrogens is 420 g/mol. The maximum absolute atomic E-state index is 13.0. The van der Waals surface area contributed by atoms with Crippen molar-refractivity contribution in [3.05, 3.63) is 88.4 Å². The Balaban J connectivity index is 1.65. The van der Waals surface area contributed by atoms with Gasteiger partial charge in [0.25, 0.3) is 15.9 Å². The second-order valence-electron chi connectivity index (χ2n) is 7.23. The van der Waals surface area contributed by atoms with Gasteiger partial charge in [-0.15, -0.1) is 0 Å². The van der Waals surface area contributed by atoms with Crippen molar-refractivity contribution in [2.45, 2.75) is 24.7 Å². The number of benzene rings is 3. The van der Waals surface area contributed by atoms with Gasteiger partial charge in [0.1, 0.15) is 0 Å². The number of sulfonamides is 1. The van der Waals surface area contributed by atoms with E-state index in [1.807, 2.05) is 18.2 Å². The predicted molar refractivity (Wildman–Crippen MR) is 120 cm³/mol. The first-order valence-corrected chi connectivity index (χ1v) is 11.5. The summed E-state index contributed by atoms with van der Waals surface area (Å²) in [6.45, 7) is 2.37. The Hall–Kier alpha value is -2.83. The Labute approximate surface area is 181 Å². The Kier molecular flexibility index (Phi) is 5.54. The highest BCUT2D eigenvalue weighted by molar-refractivity contribution is 7.92. The molecule has 7 heteroatoms. The number of nitrogens with zero attached hydrogens (tertiary/aromatic N) is 1. The summed E-state index contributed by atoms with van der Waals surface area (Å²) in [4.78, 5) is 14.8. The number of carbonyl (C=O) groups excluding carboxylic acids is 1. The number of carbonyl (C=O) groups is 1. The minimum atomic E-state index is -3.79. The highest BCUT2D eigenvalue weighted by atomic mass is 35.5. The van der Waals surface area contributed by atoms with Gasteiger partial charge in [-0.05, 0) is 73.4 Å². The lowest BCUT2D eigenvalue weighted by molar-refractivity contribution is 0.0985. The number of fused-ring (bicyclic) bond motifs is 1. The van der Waals surface area contributed by atoms with E-state index >= 15 is 0 Å². The van der Waals surface area contributed by atoms with E-state index in [1.165, 1.54) is 6.07 Å². The van der Waals surface area contributed by atoms with Crippen LogP contribution in [0.2, 0.25) is 5.02 Å². The molecule has 0 radical (unpaired) electrons. The molecule has 1 amide bonds. The lowest BCUT2D eigenvalue weighted by Crippen LogP contribution is -2.35. The van der Waals surface area contributed by atoms with Crippen LogP contribution in [0.1, 0.15) is 27.9 Å². The first-order chi connectivity index (χ1) is 14.4. The van der Waals surface area contributed by atoms with Gasteiger partial charge in [0, 0.05) is 22.8 Å². The minimum absolute atomic E-state index is 0.0835. The molecule has 0 atom stereocenters. The molecule has 0 spiro atoms. The minimum Gasteiger partial charge on any atom is -0.308 e. The van der Waals surface area contributed by atoms with Crippen LogP contribution in [-0.2, 0) is 16.4 Å². The van der Waals surface area contributed by atoms with Crippen LogP contribution in [0.4, 0.5) is 11.4 Å². The fraction of sp³-hybridized carbons (Fsp3) is 0.174. The molecule has 1 N–H and O–H groups in total. The van der Waals surface area contributed by atoms with Gasteiger partial charge in [-0.25, -0.2) is 8.42 Å². The number of halogens is 1. The molecule has 0 bridgehead atoms. The maximum atomic E-state index is 13.0. The molecule has 0 saturated carbocycles. The number of amides is 1. The van der Waals surface area contributed by atoms with Crippen molar-refractivity contribution in [1.29, 1.82) is 0 Å². The molecule has 0 aromatic heterocycles. The van der Waals surface area contributed by atoms with Crippen molar-refractivity contribution in [3.8, 4) is 0 Å². The van der Waals surface area contributed by atoms with Gasteiger partial charge >= 0.3 is 0 Å². The van der Waals surface area contributed by atoms with Gasteiger partial charge in [0.15, 0.2) is 0 Å². The SMILES string of the molecule is Cc1c(Cl)cccc1NS(=O)(=O)c1ccc2c(c1)CCCN2C(=O)c1ccccc1. The lowest BCUT2D eigenvalue weighted by atomic mass is 10.0. The largest absolute Gasteiger partial charge is 0.308 e. The van der Waals surface area contributed by atoms with Crippen LogP contribution in [0.5, 0.6) is 0 Å². The number of hydrogen-bond donors (Lipinski definition) is 1. The van der Waals surface area contributed by atoms with E-state index in [0.717, 1.165) is 17.7 Å². The average Bonchev–Trinajstić information content (AvgIpc) is 2.76. The molecule has 0 unspecified atom stereocenters. The van der Waals surface area contributed by atoms with Crippen molar-refractivity contribution >= 4 is 38.9 Å². The van der Waals surface area contributed by atoms with Crippen molar-refractivity contribution in [2.75, 3.05) is 16.2 Å². The van der Waals surface area contributed by atoms with E-state index in [0.29, 0.717) is 34.8 Å². The Morgan fingerprint density at radius 2 is 1.80 bits per heavy atom. The van der Waals surface area contributed by atoms with Gasteiger partial charge in [0.05, 0.1) is 10.6 Å². The molecule has 3 aromatic rings. The van der Waals surface area contributed by atoms with Gasteiger partial charge < -0.3 is 4.90 Å². The molecule has 1 aliphatic heterocycles. The van der Waals surface area contributed by atoms with Crippen molar-refractivity contribution in [3.63, 3.8) is 0 Å². The van der Waals surface area contributed by atoms with Gasteiger partial charge in [-0.3, -0.25) is 9.52 Å². The number of rotatable bonds is 4. The summed E-state index contributed by atoms with van der Waals surface area (Å²) in [6, 6.07) is 19.1. The van der Waals surface area contributed by atoms with E-state index in [-0.39, 0.29) is 10.8 Å². The molecule has 3 aromatic carbocycles. The molecule has 4 rings (SSSR count). The van der Waals surface area contributed by atoms with Crippen LogP contribution in [0, 0.1) is 6.92 Å². The Morgan fingerprint density at radius 3 is 2.57 bits per heavy atom. The fourth-order valence-corrected chi connectivity index (χ4v) is 4.96. The van der Waals surface area contributed by atoms with Crippen LogP contribution in [-0.4, -0.2) is 20.9 Å². The summed E-state index contributed by atoms with van der Waals surface area (Å²) in [5.41, 5.74) is 3.32. The smallest absolute Gasteiger partial charge is 0.261 e. The quantitative estimate of drug-likeness (QED) is 0.617. The summed E-state index contributed by atoms with van der Waals surface area (Å²) < 4.78 is 28.5. The third kappa shape index (κ3) is 3.93. The molecule has 0 fully saturated rings. The molecule has 154 valence electrons. The lowest BCUT2D eigenvalue weighted by Gasteiger charge is -2.30. The molecule has 0 saturated heterocycles. The fourth-order valence-electron chi connectivity index (χ4n) is 3.61. The highest BCUT2D eigenvalue weighted by Crippen LogP contribution is 2.32. The third-order valence-corrected chi connectivity index (χ3v) is 7.03. The summed E-state index contributed by atoms with van der Waals surface area (Å²) in [5.74, 6) is -0.0835. The van der Waals surface area contributed by atoms with Gasteiger partial charge in [-0.1, -0.05) is 35.9 Å². The zero-order valence-electron chi connectivity index (χ0n) is 16.4. The first kappa shape index (κ1) is 20.4. The van der Waals surface area contributed by atoms with Gasteiger partial charge in [-0.2, -0.15) is 0 Å². The summed E-state index contributed by atoms with van der Waals surface area (Å²) in [5, 5.41) is 0.496. The summed E-state index contributed by atoms with van der Waals surface area (Å²) in [6.07, 6.45) is 1.49. The van der Waals surface area contributed by atoms with Crippen LogP contribution < -0.4 is 9.62 Å². The number of anilines is 2. The van der Waals surface area contributed by atoms with Crippen molar-refractivity contribution < 1.29 is 13.2 Å². The molecule has 1 aliphatic rings. The molecule has 5 nitrogen and oxygen atoms in total. The van der Waals surface area contributed by atoms with E-state index in [9.17, 15) is 13.2 Å². The van der Waals surface area contributed by atoms with E-state index < -0.39 is 10.0 Å². The standard InChI is InChI=1S/C23H21ClN2O3S/c1-16-20(24)10-5-11-21(16)25-30(28,29)19-12-13-22-18(15-19)9-6-14-26(22)23(27)17-7-3-2-4-8-17/h2-5,7-8,10-13,15,25H,6,9,14H2,1H3. The number of aryl methyl sites for hydroxylation is 1. The Morgan fingerprint density at radius 1 is 1.03 bits per heavy atom. The number of hydrogen-bond acceptors (Lipinski definition) is 3.